The Hall–Kier alpha value is -2.89. The molecule has 6 nitrogen and oxygen atoms in total. The van der Waals surface area contributed by atoms with E-state index >= 15 is 0 Å². The molecular formula is C15H13N3O3. The van der Waals surface area contributed by atoms with Crippen molar-refractivity contribution in [1.29, 1.82) is 0 Å². The number of benzene rings is 2. The third kappa shape index (κ3) is 2.20. The number of hydrogen-bond acceptors (Lipinski definition) is 6. The fourth-order valence-electron chi connectivity index (χ4n) is 2.24. The van der Waals surface area contributed by atoms with Crippen molar-refractivity contribution in [2.24, 2.45) is 0 Å². The summed E-state index contributed by atoms with van der Waals surface area (Å²) in [5, 5.41) is 3.11. The second-order valence-corrected chi connectivity index (χ2v) is 4.73. The summed E-state index contributed by atoms with van der Waals surface area (Å²) in [5.74, 6) is 1.46. The van der Waals surface area contributed by atoms with E-state index in [1.54, 1.807) is 12.1 Å². The summed E-state index contributed by atoms with van der Waals surface area (Å²) in [7, 11) is 0. The Balaban J connectivity index is 1.64. The fraction of sp³-hybridized carbons (Fsp3) is 0.133. The number of ether oxygens (including phenoxy) is 2. The molecule has 2 aromatic carbocycles. The quantitative estimate of drug-likeness (QED) is 0.704. The van der Waals surface area contributed by atoms with Gasteiger partial charge in [-0.3, -0.25) is 0 Å². The van der Waals surface area contributed by atoms with Gasteiger partial charge in [0.2, 0.25) is 0 Å². The third-order valence-electron chi connectivity index (χ3n) is 3.21. The number of nitrogens with two attached hydrogens (primary N) is 1. The maximum absolute atomic E-state index is 5.72. The Morgan fingerprint density at radius 2 is 1.86 bits per heavy atom. The highest BCUT2D eigenvalue weighted by Gasteiger charge is 2.13. The van der Waals surface area contributed by atoms with Gasteiger partial charge in [-0.2, -0.15) is 4.98 Å². The molecule has 1 aromatic heterocycles. The molecule has 0 radical (unpaired) electrons. The molecule has 6 heteroatoms. The summed E-state index contributed by atoms with van der Waals surface area (Å²) in [4.78, 5) is 4.36. The number of fused-ring (bicyclic) bond motifs is 2. The molecule has 3 aromatic rings. The van der Waals surface area contributed by atoms with Crippen molar-refractivity contribution in [3.63, 3.8) is 0 Å². The molecule has 0 atom stereocenters. The number of aromatic nitrogens is 1. The van der Waals surface area contributed by atoms with E-state index in [0.29, 0.717) is 36.2 Å². The van der Waals surface area contributed by atoms with Crippen LogP contribution < -0.4 is 20.5 Å². The number of hydrogen-bond donors (Lipinski definition) is 2. The highest BCUT2D eigenvalue weighted by Crippen LogP contribution is 2.34. The zero-order valence-corrected chi connectivity index (χ0v) is 11.1. The Labute approximate surface area is 120 Å². The number of nitrogens with one attached hydrogen (secondary N) is 1. The Morgan fingerprint density at radius 3 is 2.76 bits per heavy atom. The first-order chi connectivity index (χ1) is 10.3. The van der Waals surface area contributed by atoms with Crippen molar-refractivity contribution in [1.82, 2.24) is 4.98 Å². The topological polar surface area (TPSA) is 82.5 Å². The van der Waals surface area contributed by atoms with Crippen molar-refractivity contribution >= 4 is 28.5 Å². The number of nitrogen functional groups attached to an aromatic ring is 1. The highest BCUT2D eigenvalue weighted by atomic mass is 16.6. The second kappa shape index (κ2) is 4.59. The molecule has 0 spiro atoms. The lowest BCUT2D eigenvalue weighted by molar-refractivity contribution is 0.171. The fourth-order valence-corrected chi connectivity index (χ4v) is 2.24. The lowest BCUT2D eigenvalue weighted by atomic mass is 10.2. The Bertz CT molecular complexity index is 813. The molecule has 3 N–H and O–H groups in total. The molecule has 0 amide bonds. The maximum Gasteiger partial charge on any atom is 0.300 e. The van der Waals surface area contributed by atoms with E-state index in [1.165, 1.54) is 0 Å². The molecule has 4 rings (SSSR count). The van der Waals surface area contributed by atoms with Crippen LogP contribution >= 0.6 is 0 Å². The van der Waals surface area contributed by atoms with Gasteiger partial charge in [-0.05, 0) is 24.3 Å². The zero-order valence-electron chi connectivity index (χ0n) is 11.1. The van der Waals surface area contributed by atoms with Crippen LogP contribution in [0.1, 0.15) is 0 Å². The van der Waals surface area contributed by atoms with Crippen molar-refractivity contribution < 1.29 is 13.9 Å². The van der Waals surface area contributed by atoms with E-state index in [9.17, 15) is 0 Å². The van der Waals surface area contributed by atoms with Gasteiger partial charge in [-0.1, -0.05) is 0 Å². The van der Waals surface area contributed by atoms with E-state index in [2.05, 4.69) is 10.3 Å². The highest BCUT2D eigenvalue weighted by molar-refractivity contribution is 5.78. The molecule has 1 aliphatic rings. The van der Waals surface area contributed by atoms with Crippen LogP contribution in [0.4, 0.5) is 17.4 Å². The minimum Gasteiger partial charge on any atom is -0.486 e. The average Bonchev–Trinajstić information content (AvgIpc) is 2.88. The SMILES string of the molecule is Nc1ccc2nc(Nc3ccc4c(c3)OCCO4)oc2c1. The lowest BCUT2D eigenvalue weighted by Gasteiger charge is -2.18. The summed E-state index contributed by atoms with van der Waals surface area (Å²) in [6.45, 7) is 1.13. The number of anilines is 3. The van der Waals surface area contributed by atoms with Crippen molar-refractivity contribution in [2.45, 2.75) is 0 Å². The standard InChI is InChI=1S/C15H13N3O3/c16-9-1-3-11-13(7-9)21-15(18-11)17-10-2-4-12-14(8-10)20-6-5-19-12/h1-4,7-8H,5-6,16H2,(H,17,18). The number of nitrogens with zero attached hydrogens (tertiary/aromatic N) is 1. The third-order valence-corrected chi connectivity index (χ3v) is 3.21. The summed E-state index contributed by atoms with van der Waals surface area (Å²) < 4.78 is 16.7. The zero-order chi connectivity index (χ0) is 14.2. The smallest absolute Gasteiger partial charge is 0.300 e. The van der Waals surface area contributed by atoms with E-state index < -0.39 is 0 Å². The molecular weight excluding hydrogens is 270 g/mol. The van der Waals surface area contributed by atoms with Gasteiger partial charge in [0.25, 0.3) is 6.01 Å². The molecule has 21 heavy (non-hydrogen) atoms. The van der Waals surface area contributed by atoms with E-state index in [0.717, 1.165) is 17.0 Å². The molecule has 2 heterocycles. The first kappa shape index (κ1) is 11.9. The maximum atomic E-state index is 5.72. The second-order valence-electron chi connectivity index (χ2n) is 4.73. The van der Waals surface area contributed by atoms with E-state index in [1.807, 2.05) is 24.3 Å². The van der Waals surface area contributed by atoms with Crippen molar-refractivity contribution in [3.05, 3.63) is 36.4 Å². The first-order valence-electron chi connectivity index (χ1n) is 6.61. The Morgan fingerprint density at radius 1 is 1.00 bits per heavy atom. The van der Waals surface area contributed by atoms with Crippen LogP contribution in [0.25, 0.3) is 11.1 Å². The monoisotopic (exact) mass is 283 g/mol. The molecule has 0 saturated heterocycles. The predicted molar refractivity (Wildman–Crippen MR) is 79.1 cm³/mol. The van der Waals surface area contributed by atoms with Gasteiger partial charge in [-0.25, -0.2) is 0 Å². The van der Waals surface area contributed by atoms with Crippen LogP contribution in [0.5, 0.6) is 11.5 Å². The molecule has 0 unspecified atom stereocenters. The molecule has 0 aliphatic carbocycles. The number of rotatable bonds is 2. The molecule has 0 fully saturated rings. The average molecular weight is 283 g/mol. The van der Waals surface area contributed by atoms with Gasteiger partial charge < -0.3 is 24.9 Å². The van der Waals surface area contributed by atoms with Crippen LogP contribution in [0.3, 0.4) is 0 Å². The van der Waals surface area contributed by atoms with Crippen LogP contribution in [0, 0.1) is 0 Å². The van der Waals surface area contributed by atoms with Crippen molar-refractivity contribution in [2.75, 3.05) is 24.3 Å². The van der Waals surface area contributed by atoms with Gasteiger partial charge in [0, 0.05) is 23.5 Å². The number of oxazole rings is 1. The van der Waals surface area contributed by atoms with Crippen LogP contribution in [0.2, 0.25) is 0 Å². The summed E-state index contributed by atoms with van der Waals surface area (Å²) >= 11 is 0. The summed E-state index contributed by atoms with van der Waals surface area (Å²) in [6, 6.07) is 11.4. The van der Waals surface area contributed by atoms with Gasteiger partial charge in [0.15, 0.2) is 17.1 Å². The van der Waals surface area contributed by atoms with Crippen molar-refractivity contribution in [3.8, 4) is 11.5 Å². The van der Waals surface area contributed by atoms with Gasteiger partial charge in [0.1, 0.15) is 18.7 Å². The predicted octanol–water partition coefficient (Wildman–Crippen LogP) is 2.92. The van der Waals surface area contributed by atoms with E-state index in [4.69, 9.17) is 19.6 Å². The largest absolute Gasteiger partial charge is 0.486 e. The molecule has 106 valence electrons. The normalized spacial score (nSPS) is 13.3. The lowest BCUT2D eigenvalue weighted by Crippen LogP contribution is -2.15. The Kier molecular flexibility index (Phi) is 2.60. The van der Waals surface area contributed by atoms with Gasteiger partial charge in [-0.15, -0.1) is 0 Å². The van der Waals surface area contributed by atoms with Gasteiger partial charge in [0.05, 0.1) is 0 Å². The summed E-state index contributed by atoms with van der Waals surface area (Å²) in [6.07, 6.45) is 0. The van der Waals surface area contributed by atoms with Gasteiger partial charge >= 0.3 is 0 Å². The van der Waals surface area contributed by atoms with Crippen LogP contribution in [-0.2, 0) is 0 Å². The summed E-state index contributed by atoms with van der Waals surface area (Å²) in [5.41, 5.74) is 8.59. The minimum atomic E-state index is 0.410. The first-order valence-corrected chi connectivity index (χ1v) is 6.61. The molecule has 0 bridgehead atoms. The van der Waals surface area contributed by atoms with E-state index in [-0.39, 0.29) is 0 Å². The minimum absolute atomic E-state index is 0.410. The van der Waals surface area contributed by atoms with Crippen LogP contribution in [-0.4, -0.2) is 18.2 Å². The molecule has 1 aliphatic heterocycles. The molecule has 0 saturated carbocycles. The van der Waals surface area contributed by atoms with Crippen LogP contribution in [0.15, 0.2) is 40.8 Å².